The summed E-state index contributed by atoms with van der Waals surface area (Å²) >= 11 is 10.9. The highest BCUT2D eigenvalue weighted by Crippen LogP contribution is 2.29. The molecule has 0 bridgehead atoms. The van der Waals surface area contributed by atoms with Crippen LogP contribution in [0.1, 0.15) is 24.4 Å². The second kappa shape index (κ2) is 9.65. The number of hydrogen-bond donors (Lipinski definition) is 1. The molecule has 0 spiro atoms. The average Bonchev–Trinajstić information content (AvgIpc) is 3.05. The predicted molar refractivity (Wildman–Crippen MR) is 120 cm³/mol. The number of thioether (sulfide) groups is 1. The van der Waals surface area contributed by atoms with Crippen LogP contribution in [0.5, 0.6) is 5.75 Å². The molecule has 0 fully saturated rings. The number of amides is 1. The molecule has 0 aliphatic carbocycles. The van der Waals surface area contributed by atoms with Crippen molar-refractivity contribution in [2.24, 2.45) is 7.05 Å². The van der Waals surface area contributed by atoms with Gasteiger partial charge in [0.1, 0.15) is 5.75 Å². The van der Waals surface area contributed by atoms with Crippen molar-refractivity contribution in [3.63, 3.8) is 0 Å². The minimum absolute atomic E-state index is 0.110. The summed E-state index contributed by atoms with van der Waals surface area (Å²) in [7, 11) is 1.85. The molecule has 6 nitrogen and oxygen atoms in total. The first-order valence-corrected chi connectivity index (χ1v) is 11.0. The first-order chi connectivity index (χ1) is 13.8. The van der Waals surface area contributed by atoms with Crippen LogP contribution in [0.25, 0.3) is 0 Å². The van der Waals surface area contributed by atoms with E-state index >= 15 is 0 Å². The Labute approximate surface area is 187 Å². The quantitative estimate of drug-likeness (QED) is 0.444. The van der Waals surface area contributed by atoms with Crippen LogP contribution in [0.4, 0.5) is 5.69 Å². The molecular formula is C20H20BrClN4O2S. The molecule has 3 aromatic rings. The molecule has 152 valence electrons. The topological polar surface area (TPSA) is 69.0 Å². The number of aryl methyl sites for hydroxylation is 1. The SMILES string of the molecule is Cc1cc(NC(=O)CSc2nnc([C@H](C)Oc3ccccc3Cl)n2C)ccc1Br. The highest BCUT2D eigenvalue weighted by molar-refractivity contribution is 9.10. The second-order valence-electron chi connectivity index (χ2n) is 6.39. The number of halogens is 2. The molecule has 0 aliphatic heterocycles. The van der Waals surface area contributed by atoms with Gasteiger partial charge in [0.25, 0.3) is 0 Å². The Morgan fingerprint density at radius 2 is 2.07 bits per heavy atom. The van der Waals surface area contributed by atoms with Crippen LogP contribution in [0.2, 0.25) is 5.02 Å². The van der Waals surface area contributed by atoms with Crippen molar-refractivity contribution in [3.8, 4) is 5.75 Å². The van der Waals surface area contributed by atoms with Gasteiger partial charge in [-0.1, -0.05) is 51.4 Å². The van der Waals surface area contributed by atoms with Crippen molar-refractivity contribution in [2.45, 2.75) is 25.1 Å². The van der Waals surface area contributed by atoms with E-state index in [-0.39, 0.29) is 17.8 Å². The zero-order valence-corrected chi connectivity index (χ0v) is 19.3. The Kier molecular flexibility index (Phi) is 7.21. The van der Waals surface area contributed by atoms with Gasteiger partial charge in [0.15, 0.2) is 17.1 Å². The zero-order valence-electron chi connectivity index (χ0n) is 16.1. The lowest BCUT2D eigenvalue weighted by atomic mass is 10.2. The van der Waals surface area contributed by atoms with Gasteiger partial charge in [0.2, 0.25) is 5.91 Å². The number of nitrogens with zero attached hydrogens (tertiary/aromatic N) is 3. The van der Waals surface area contributed by atoms with Crippen LogP contribution in [-0.4, -0.2) is 26.4 Å². The highest BCUT2D eigenvalue weighted by atomic mass is 79.9. The minimum atomic E-state index is -0.346. The number of carbonyl (C=O) groups is 1. The predicted octanol–water partition coefficient (Wildman–Crippen LogP) is 5.41. The normalized spacial score (nSPS) is 11.9. The number of ether oxygens (including phenoxy) is 1. The average molecular weight is 496 g/mol. The maximum Gasteiger partial charge on any atom is 0.234 e. The van der Waals surface area contributed by atoms with Crippen molar-refractivity contribution < 1.29 is 9.53 Å². The second-order valence-corrected chi connectivity index (χ2v) is 8.60. The Morgan fingerprint density at radius 3 is 2.79 bits per heavy atom. The van der Waals surface area contributed by atoms with E-state index in [2.05, 4.69) is 31.4 Å². The van der Waals surface area contributed by atoms with Crippen molar-refractivity contribution in [1.82, 2.24) is 14.8 Å². The van der Waals surface area contributed by atoms with Gasteiger partial charge >= 0.3 is 0 Å². The lowest BCUT2D eigenvalue weighted by molar-refractivity contribution is -0.113. The molecule has 1 heterocycles. The van der Waals surface area contributed by atoms with E-state index in [4.69, 9.17) is 16.3 Å². The van der Waals surface area contributed by atoms with Gasteiger partial charge in [0, 0.05) is 17.2 Å². The maximum atomic E-state index is 12.3. The lowest BCUT2D eigenvalue weighted by Gasteiger charge is -2.15. The van der Waals surface area contributed by atoms with E-state index in [1.807, 2.05) is 55.8 Å². The van der Waals surface area contributed by atoms with Gasteiger partial charge in [-0.25, -0.2) is 0 Å². The molecule has 29 heavy (non-hydrogen) atoms. The van der Waals surface area contributed by atoms with E-state index in [0.29, 0.717) is 21.8 Å². The molecule has 0 aliphatic rings. The standard InChI is InChI=1S/C20H20BrClN4O2S/c1-12-10-14(8-9-15(12)21)23-18(27)11-29-20-25-24-19(26(20)3)13(2)28-17-7-5-4-6-16(17)22/h4-10,13H,11H2,1-3H3,(H,23,27)/t13-/m0/s1. The molecule has 2 aromatic carbocycles. The fourth-order valence-corrected chi connectivity index (χ4v) is 3.78. The largest absolute Gasteiger partial charge is 0.481 e. The molecule has 3 rings (SSSR count). The third-order valence-corrected chi connectivity index (χ3v) is 6.37. The summed E-state index contributed by atoms with van der Waals surface area (Å²) in [5.41, 5.74) is 1.82. The molecule has 0 radical (unpaired) electrons. The van der Waals surface area contributed by atoms with Gasteiger partial charge in [-0.3, -0.25) is 4.79 Å². The molecule has 0 unspecified atom stereocenters. The highest BCUT2D eigenvalue weighted by Gasteiger charge is 2.19. The van der Waals surface area contributed by atoms with Crippen LogP contribution in [0.15, 0.2) is 52.1 Å². The van der Waals surface area contributed by atoms with Gasteiger partial charge in [-0.15, -0.1) is 10.2 Å². The summed E-state index contributed by atoms with van der Waals surface area (Å²) in [5.74, 6) is 1.35. The number of hydrogen-bond acceptors (Lipinski definition) is 5. The summed E-state index contributed by atoms with van der Waals surface area (Å²) in [5, 5.41) is 12.5. The number of carbonyl (C=O) groups excluding carboxylic acids is 1. The molecular weight excluding hydrogens is 476 g/mol. The Balaban J connectivity index is 1.59. The molecule has 1 atom stereocenters. The van der Waals surface area contributed by atoms with Crippen LogP contribution in [0.3, 0.4) is 0 Å². The van der Waals surface area contributed by atoms with Crippen LogP contribution in [-0.2, 0) is 11.8 Å². The van der Waals surface area contributed by atoms with Crippen molar-refractivity contribution in [3.05, 3.63) is 63.3 Å². The first-order valence-electron chi connectivity index (χ1n) is 8.84. The minimum Gasteiger partial charge on any atom is -0.481 e. The summed E-state index contributed by atoms with van der Waals surface area (Å²) in [6, 6.07) is 13.0. The number of nitrogens with one attached hydrogen (secondary N) is 1. The van der Waals surface area contributed by atoms with Crippen molar-refractivity contribution in [2.75, 3.05) is 11.1 Å². The smallest absolute Gasteiger partial charge is 0.234 e. The first kappa shape index (κ1) is 21.7. The third-order valence-electron chi connectivity index (χ3n) is 4.15. The van der Waals surface area contributed by atoms with Crippen LogP contribution >= 0.6 is 39.3 Å². The summed E-state index contributed by atoms with van der Waals surface area (Å²) < 4.78 is 8.73. The van der Waals surface area contributed by atoms with Crippen molar-refractivity contribution in [1.29, 1.82) is 0 Å². The fraction of sp³-hybridized carbons (Fsp3) is 0.250. The number of benzene rings is 2. The van der Waals surface area contributed by atoms with Crippen LogP contribution in [0, 0.1) is 6.92 Å². The molecule has 1 N–H and O–H groups in total. The zero-order chi connectivity index (χ0) is 21.0. The Bertz CT molecular complexity index is 1030. The van der Waals surface area contributed by atoms with E-state index in [1.54, 1.807) is 12.1 Å². The Hall–Kier alpha value is -2.03. The van der Waals surface area contributed by atoms with E-state index in [1.165, 1.54) is 11.8 Å². The fourth-order valence-electron chi connectivity index (χ4n) is 2.64. The van der Waals surface area contributed by atoms with Crippen molar-refractivity contribution >= 4 is 50.9 Å². The summed E-state index contributed by atoms with van der Waals surface area (Å²) in [6.07, 6.45) is -0.346. The van der Waals surface area contributed by atoms with Crippen LogP contribution < -0.4 is 10.1 Å². The molecule has 0 saturated heterocycles. The van der Waals surface area contributed by atoms with Gasteiger partial charge in [-0.05, 0) is 49.7 Å². The lowest BCUT2D eigenvalue weighted by Crippen LogP contribution is -2.15. The summed E-state index contributed by atoms with van der Waals surface area (Å²) in [4.78, 5) is 12.3. The van der Waals surface area contributed by atoms with E-state index < -0.39 is 0 Å². The Morgan fingerprint density at radius 1 is 1.31 bits per heavy atom. The molecule has 9 heteroatoms. The molecule has 0 saturated carbocycles. The molecule has 1 aromatic heterocycles. The third kappa shape index (κ3) is 5.52. The maximum absolute atomic E-state index is 12.3. The van der Waals surface area contributed by atoms with Gasteiger partial charge in [-0.2, -0.15) is 0 Å². The van der Waals surface area contributed by atoms with E-state index in [0.717, 1.165) is 15.7 Å². The molecule has 1 amide bonds. The summed E-state index contributed by atoms with van der Waals surface area (Å²) in [6.45, 7) is 3.85. The number of rotatable bonds is 7. The van der Waals surface area contributed by atoms with E-state index in [9.17, 15) is 4.79 Å². The van der Waals surface area contributed by atoms with Gasteiger partial charge < -0.3 is 14.6 Å². The number of anilines is 1. The number of aromatic nitrogens is 3. The monoisotopic (exact) mass is 494 g/mol. The number of para-hydroxylation sites is 1. The van der Waals surface area contributed by atoms with Gasteiger partial charge in [0.05, 0.1) is 10.8 Å².